The van der Waals surface area contributed by atoms with Crippen LogP contribution in [0.4, 0.5) is 4.39 Å². The second-order valence-corrected chi connectivity index (χ2v) is 6.65. The second kappa shape index (κ2) is 6.97. The van der Waals surface area contributed by atoms with Crippen LogP contribution in [0.15, 0.2) is 41.3 Å². The Bertz CT molecular complexity index is 806. The molecule has 23 heavy (non-hydrogen) atoms. The van der Waals surface area contributed by atoms with Crippen LogP contribution in [0.2, 0.25) is 0 Å². The van der Waals surface area contributed by atoms with Crippen molar-refractivity contribution in [1.82, 2.24) is 4.72 Å². The van der Waals surface area contributed by atoms with Gasteiger partial charge in [-0.1, -0.05) is 6.07 Å². The quantitative estimate of drug-likeness (QED) is 0.879. The molecular formula is C16H18FNO4S. The molecule has 0 unspecified atom stereocenters. The highest BCUT2D eigenvalue weighted by molar-refractivity contribution is 7.89. The molecule has 7 heteroatoms. The topological polar surface area (TPSA) is 64.6 Å². The summed E-state index contributed by atoms with van der Waals surface area (Å²) in [6.45, 7) is 1.77. The molecule has 2 rings (SSSR count). The van der Waals surface area contributed by atoms with Crippen LogP contribution in [-0.4, -0.2) is 22.6 Å². The van der Waals surface area contributed by atoms with Crippen LogP contribution < -0.4 is 14.2 Å². The van der Waals surface area contributed by atoms with Crippen molar-refractivity contribution >= 4 is 10.0 Å². The smallest absolute Gasteiger partial charge is 0.244 e. The van der Waals surface area contributed by atoms with Crippen molar-refractivity contribution in [1.29, 1.82) is 0 Å². The van der Waals surface area contributed by atoms with Crippen molar-refractivity contribution in [3.8, 4) is 11.5 Å². The Hall–Kier alpha value is -2.12. The summed E-state index contributed by atoms with van der Waals surface area (Å²) < 4.78 is 50.9. The molecule has 0 aromatic heterocycles. The van der Waals surface area contributed by atoms with Gasteiger partial charge in [-0.2, -0.15) is 0 Å². The third kappa shape index (κ3) is 4.00. The van der Waals surface area contributed by atoms with E-state index >= 15 is 0 Å². The molecule has 2 aromatic rings. The molecule has 0 aliphatic rings. The number of hydrogen-bond donors (Lipinski definition) is 1. The molecule has 124 valence electrons. The number of aryl methyl sites for hydroxylation is 1. The summed E-state index contributed by atoms with van der Waals surface area (Å²) in [4.78, 5) is -0.0339. The molecule has 5 nitrogen and oxygen atoms in total. The third-order valence-corrected chi connectivity index (χ3v) is 4.85. The van der Waals surface area contributed by atoms with Gasteiger partial charge in [-0.15, -0.1) is 0 Å². The number of ether oxygens (including phenoxy) is 2. The summed E-state index contributed by atoms with van der Waals surface area (Å²) in [6.07, 6.45) is 0. The SMILES string of the molecule is COc1ccc(OC)c(S(=O)(=O)NCc2cc(F)ccc2C)c1. The molecule has 0 fully saturated rings. The molecule has 0 aliphatic heterocycles. The standard InChI is InChI=1S/C16H18FNO4S/c1-11-4-5-13(17)8-12(11)10-18-23(19,20)16-9-14(21-2)6-7-15(16)22-3/h4-9,18H,10H2,1-3H3. The monoisotopic (exact) mass is 339 g/mol. The Kier molecular flexibility index (Phi) is 5.23. The van der Waals surface area contributed by atoms with E-state index in [-0.39, 0.29) is 17.2 Å². The lowest BCUT2D eigenvalue weighted by Gasteiger charge is -2.13. The van der Waals surface area contributed by atoms with Crippen LogP contribution in [0.3, 0.4) is 0 Å². The van der Waals surface area contributed by atoms with E-state index in [2.05, 4.69) is 4.72 Å². The van der Waals surface area contributed by atoms with Crippen LogP contribution in [0, 0.1) is 12.7 Å². The predicted octanol–water partition coefficient (Wildman–Crippen LogP) is 2.63. The maximum absolute atomic E-state index is 13.3. The zero-order chi connectivity index (χ0) is 17.0. The Morgan fingerprint density at radius 3 is 2.48 bits per heavy atom. The van der Waals surface area contributed by atoms with E-state index in [4.69, 9.17) is 9.47 Å². The van der Waals surface area contributed by atoms with E-state index in [0.717, 1.165) is 5.56 Å². The minimum absolute atomic E-state index is 0.0215. The maximum Gasteiger partial charge on any atom is 0.244 e. The molecule has 0 saturated heterocycles. The van der Waals surface area contributed by atoms with Crippen LogP contribution in [0.25, 0.3) is 0 Å². The van der Waals surface area contributed by atoms with Gasteiger partial charge in [-0.25, -0.2) is 17.5 Å². The molecule has 0 spiro atoms. The van der Waals surface area contributed by atoms with E-state index < -0.39 is 15.8 Å². The van der Waals surface area contributed by atoms with Crippen LogP contribution >= 0.6 is 0 Å². The molecule has 0 bridgehead atoms. The first-order chi connectivity index (χ1) is 10.9. The summed E-state index contributed by atoms with van der Waals surface area (Å²) in [5.74, 6) is 0.186. The number of nitrogens with one attached hydrogen (secondary N) is 1. The van der Waals surface area contributed by atoms with Crippen molar-refractivity contribution in [2.24, 2.45) is 0 Å². The Labute approximate surface area is 135 Å². The number of sulfonamides is 1. The van der Waals surface area contributed by atoms with Gasteiger partial charge < -0.3 is 9.47 Å². The fourth-order valence-corrected chi connectivity index (χ4v) is 3.26. The first-order valence-electron chi connectivity index (χ1n) is 6.84. The minimum Gasteiger partial charge on any atom is -0.497 e. The van der Waals surface area contributed by atoms with Crippen LogP contribution in [-0.2, 0) is 16.6 Å². The van der Waals surface area contributed by atoms with Gasteiger partial charge in [-0.05, 0) is 42.3 Å². The lowest BCUT2D eigenvalue weighted by atomic mass is 10.1. The summed E-state index contributed by atoms with van der Waals surface area (Å²) in [5.41, 5.74) is 1.36. The van der Waals surface area contributed by atoms with Gasteiger partial charge in [0.15, 0.2) is 0 Å². The van der Waals surface area contributed by atoms with Crippen molar-refractivity contribution in [2.45, 2.75) is 18.4 Å². The van der Waals surface area contributed by atoms with Gasteiger partial charge >= 0.3 is 0 Å². The van der Waals surface area contributed by atoms with E-state index in [1.165, 1.54) is 38.5 Å². The fraction of sp³-hybridized carbons (Fsp3) is 0.250. The van der Waals surface area contributed by atoms with Gasteiger partial charge in [0.1, 0.15) is 22.2 Å². The molecule has 0 atom stereocenters. The van der Waals surface area contributed by atoms with E-state index in [1.54, 1.807) is 19.1 Å². The second-order valence-electron chi connectivity index (χ2n) is 4.91. The zero-order valence-electron chi connectivity index (χ0n) is 13.1. The van der Waals surface area contributed by atoms with E-state index in [9.17, 15) is 12.8 Å². The number of halogens is 1. The molecule has 1 N–H and O–H groups in total. The lowest BCUT2D eigenvalue weighted by molar-refractivity contribution is 0.392. The Morgan fingerprint density at radius 2 is 1.83 bits per heavy atom. The summed E-state index contributed by atoms with van der Waals surface area (Å²) in [5, 5.41) is 0. The fourth-order valence-electron chi connectivity index (χ4n) is 2.08. The number of hydrogen-bond acceptors (Lipinski definition) is 4. The van der Waals surface area contributed by atoms with Crippen molar-refractivity contribution < 1.29 is 22.3 Å². The molecule has 0 amide bonds. The minimum atomic E-state index is -3.84. The van der Waals surface area contributed by atoms with Crippen LogP contribution in [0.5, 0.6) is 11.5 Å². The molecule has 0 radical (unpaired) electrons. The van der Waals surface area contributed by atoms with Crippen molar-refractivity contribution in [2.75, 3.05) is 14.2 Å². The molecule has 0 heterocycles. The molecule has 0 aliphatic carbocycles. The third-order valence-electron chi connectivity index (χ3n) is 3.42. The number of benzene rings is 2. The largest absolute Gasteiger partial charge is 0.497 e. The van der Waals surface area contributed by atoms with Gasteiger partial charge in [0.05, 0.1) is 14.2 Å². The van der Waals surface area contributed by atoms with Crippen molar-refractivity contribution in [3.63, 3.8) is 0 Å². The number of rotatable bonds is 6. The molecule has 2 aromatic carbocycles. The molecule has 0 saturated carbocycles. The normalized spacial score (nSPS) is 11.3. The average molecular weight is 339 g/mol. The van der Waals surface area contributed by atoms with Gasteiger partial charge in [0, 0.05) is 12.6 Å². The highest BCUT2D eigenvalue weighted by Crippen LogP contribution is 2.28. The first-order valence-corrected chi connectivity index (χ1v) is 8.32. The Morgan fingerprint density at radius 1 is 1.09 bits per heavy atom. The summed E-state index contributed by atoms with van der Waals surface area (Å²) >= 11 is 0. The Balaban J connectivity index is 2.30. The molecular weight excluding hydrogens is 321 g/mol. The average Bonchev–Trinajstić information content (AvgIpc) is 2.55. The first kappa shape index (κ1) is 17.2. The van der Waals surface area contributed by atoms with Gasteiger partial charge in [-0.3, -0.25) is 0 Å². The highest BCUT2D eigenvalue weighted by atomic mass is 32.2. The van der Waals surface area contributed by atoms with Gasteiger partial charge in [0.2, 0.25) is 10.0 Å². The van der Waals surface area contributed by atoms with Crippen LogP contribution in [0.1, 0.15) is 11.1 Å². The van der Waals surface area contributed by atoms with Gasteiger partial charge in [0.25, 0.3) is 0 Å². The highest BCUT2D eigenvalue weighted by Gasteiger charge is 2.20. The maximum atomic E-state index is 13.3. The van der Waals surface area contributed by atoms with Crippen molar-refractivity contribution in [3.05, 3.63) is 53.3 Å². The summed E-state index contributed by atoms with van der Waals surface area (Å²) in [7, 11) is -1.01. The summed E-state index contributed by atoms with van der Waals surface area (Å²) in [6, 6.07) is 8.74. The predicted molar refractivity (Wildman–Crippen MR) is 84.7 cm³/mol. The number of methoxy groups -OCH3 is 2. The van der Waals surface area contributed by atoms with E-state index in [1.807, 2.05) is 0 Å². The van der Waals surface area contributed by atoms with E-state index in [0.29, 0.717) is 11.3 Å². The lowest BCUT2D eigenvalue weighted by Crippen LogP contribution is -2.24. The zero-order valence-corrected chi connectivity index (χ0v) is 13.9.